The number of hydrogen-bond acceptors (Lipinski definition) is 3. The lowest BCUT2D eigenvalue weighted by atomic mass is 9.71. The lowest BCUT2D eigenvalue weighted by Crippen LogP contribution is -2.47. The number of nitrogens with zero attached hydrogens (tertiary/aromatic N) is 1. The summed E-state index contributed by atoms with van der Waals surface area (Å²) in [5.74, 6) is -0.0244. The molecular formula is C28H41NO3S. The first-order chi connectivity index (χ1) is 15.8. The van der Waals surface area contributed by atoms with Crippen molar-refractivity contribution >= 4 is 34.5 Å². The fourth-order valence-corrected chi connectivity index (χ4v) is 7.23. The van der Waals surface area contributed by atoms with Crippen LogP contribution in [0.25, 0.3) is 5.57 Å². The minimum absolute atomic E-state index is 0.0398. The van der Waals surface area contributed by atoms with Gasteiger partial charge in [-0.2, -0.15) is 0 Å². The minimum atomic E-state index is -0.900. The third-order valence-corrected chi connectivity index (χ3v) is 9.44. The highest BCUT2D eigenvalue weighted by Crippen LogP contribution is 2.44. The summed E-state index contributed by atoms with van der Waals surface area (Å²) in [4.78, 5) is 29.7. The molecule has 4 nitrogen and oxygen atoms in total. The maximum atomic E-state index is 14.0. The number of aromatic carboxylic acids is 1. The highest BCUT2D eigenvalue weighted by molar-refractivity contribution is 7.15. The predicted molar refractivity (Wildman–Crippen MR) is 137 cm³/mol. The summed E-state index contributed by atoms with van der Waals surface area (Å²) < 4.78 is 0. The SMILES string of the molecule is CC(C)(C)C1CCC(N(C(=O)C2CCCCC2)c2cc(C3=CCCCC3)sc2C(=O)O)CC1. The molecule has 0 aromatic carbocycles. The van der Waals surface area contributed by atoms with Crippen molar-refractivity contribution in [2.45, 2.75) is 110 Å². The molecule has 5 heteroatoms. The zero-order chi connectivity index (χ0) is 23.6. The second kappa shape index (κ2) is 10.3. The van der Waals surface area contributed by atoms with Crippen molar-refractivity contribution in [2.24, 2.45) is 17.3 Å². The van der Waals surface area contributed by atoms with Crippen molar-refractivity contribution < 1.29 is 14.7 Å². The normalized spacial score (nSPS) is 24.9. The molecule has 1 aromatic heterocycles. The predicted octanol–water partition coefficient (Wildman–Crippen LogP) is 7.92. The van der Waals surface area contributed by atoms with Crippen LogP contribution in [0, 0.1) is 17.3 Å². The van der Waals surface area contributed by atoms with Crippen molar-refractivity contribution in [3.05, 3.63) is 21.9 Å². The molecule has 4 rings (SSSR count). The van der Waals surface area contributed by atoms with Crippen molar-refractivity contribution in [1.29, 1.82) is 0 Å². The van der Waals surface area contributed by atoms with Gasteiger partial charge in [-0.05, 0) is 87.2 Å². The van der Waals surface area contributed by atoms with Gasteiger partial charge < -0.3 is 10.0 Å². The van der Waals surface area contributed by atoms with E-state index < -0.39 is 5.97 Å². The van der Waals surface area contributed by atoms with Gasteiger partial charge in [0.05, 0.1) is 5.69 Å². The number of hydrogen-bond donors (Lipinski definition) is 1. The summed E-state index contributed by atoms with van der Waals surface area (Å²) in [5.41, 5.74) is 2.21. The molecule has 3 aliphatic carbocycles. The van der Waals surface area contributed by atoms with E-state index in [9.17, 15) is 14.7 Å². The van der Waals surface area contributed by atoms with E-state index in [2.05, 4.69) is 26.8 Å². The van der Waals surface area contributed by atoms with E-state index in [1.165, 1.54) is 29.8 Å². The molecule has 0 saturated heterocycles. The highest BCUT2D eigenvalue weighted by atomic mass is 32.1. The van der Waals surface area contributed by atoms with Crippen LogP contribution in [0.4, 0.5) is 5.69 Å². The summed E-state index contributed by atoms with van der Waals surface area (Å²) >= 11 is 1.37. The molecule has 1 amide bonds. The average molecular weight is 472 g/mol. The van der Waals surface area contributed by atoms with Crippen LogP contribution in [0.3, 0.4) is 0 Å². The van der Waals surface area contributed by atoms with Crippen LogP contribution in [0.5, 0.6) is 0 Å². The summed E-state index contributed by atoms with van der Waals surface area (Å²) in [5, 5.41) is 10.1. The number of amides is 1. The zero-order valence-electron chi connectivity index (χ0n) is 20.7. The van der Waals surface area contributed by atoms with E-state index in [0.29, 0.717) is 16.5 Å². The van der Waals surface area contributed by atoms with Gasteiger partial charge in [-0.15, -0.1) is 11.3 Å². The van der Waals surface area contributed by atoms with Crippen LogP contribution in [0.15, 0.2) is 12.1 Å². The molecule has 0 spiro atoms. The number of allylic oxidation sites excluding steroid dienone is 2. The van der Waals surface area contributed by atoms with Crippen LogP contribution in [0.2, 0.25) is 0 Å². The molecule has 0 atom stereocenters. The Morgan fingerprint density at radius 1 is 0.970 bits per heavy atom. The number of thiophene rings is 1. The standard InChI is InChI=1S/C28H41NO3S/c1-28(2,3)21-14-16-22(17-15-21)29(26(30)20-12-8-5-9-13-20)23-18-24(33-25(23)27(31)32)19-10-6-4-7-11-19/h10,18,20-22H,4-9,11-17H2,1-3H3,(H,31,32). The Morgan fingerprint density at radius 3 is 2.24 bits per heavy atom. The summed E-state index contributed by atoms with van der Waals surface area (Å²) in [6.45, 7) is 6.94. The van der Waals surface area contributed by atoms with E-state index in [0.717, 1.165) is 75.5 Å². The smallest absolute Gasteiger partial charge is 0.348 e. The van der Waals surface area contributed by atoms with Crippen molar-refractivity contribution in [1.82, 2.24) is 0 Å². The third-order valence-electron chi connectivity index (χ3n) is 8.25. The quantitative estimate of drug-likeness (QED) is 0.474. The van der Waals surface area contributed by atoms with Crippen molar-refractivity contribution in [2.75, 3.05) is 4.90 Å². The lowest BCUT2D eigenvalue weighted by molar-refractivity contribution is -0.124. The number of carbonyl (C=O) groups is 2. The van der Waals surface area contributed by atoms with Crippen molar-refractivity contribution in [3.8, 4) is 0 Å². The van der Waals surface area contributed by atoms with Gasteiger partial charge in [-0.1, -0.05) is 46.1 Å². The van der Waals surface area contributed by atoms with Crippen LogP contribution in [-0.2, 0) is 4.79 Å². The van der Waals surface area contributed by atoms with Crippen LogP contribution in [0.1, 0.15) is 119 Å². The maximum Gasteiger partial charge on any atom is 0.348 e. The molecule has 33 heavy (non-hydrogen) atoms. The first-order valence-corrected chi connectivity index (χ1v) is 14.0. The van der Waals surface area contributed by atoms with E-state index in [4.69, 9.17) is 0 Å². The molecule has 0 aliphatic heterocycles. The summed E-state index contributed by atoms with van der Waals surface area (Å²) in [7, 11) is 0. The highest BCUT2D eigenvalue weighted by Gasteiger charge is 2.38. The Balaban J connectivity index is 1.68. The van der Waals surface area contributed by atoms with E-state index in [1.807, 2.05) is 11.0 Å². The molecular weight excluding hydrogens is 430 g/mol. The van der Waals surface area contributed by atoms with Gasteiger partial charge >= 0.3 is 5.97 Å². The number of anilines is 1. The lowest BCUT2D eigenvalue weighted by Gasteiger charge is -2.42. The third kappa shape index (κ3) is 5.55. The van der Waals surface area contributed by atoms with Gasteiger partial charge in [-0.3, -0.25) is 4.79 Å². The van der Waals surface area contributed by atoms with Gasteiger partial charge in [-0.25, -0.2) is 4.79 Å². The molecule has 1 heterocycles. The van der Waals surface area contributed by atoms with Crippen molar-refractivity contribution in [3.63, 3.8) is 0 Å². The van der Waals surface area contributed by atoms with Gasteiger partial charge in [0.15, 0.2) is 0 Å². The zero-order valence-corrected chi connectivity index (χ0v) is 21.5. The Kier molecular flexibility index (Phi) is 7.67. The molecule has 2 fully saturated rings. The van der Waals surface area contributed by atoms with Gasteiger partial charge in [0.25, 0.3) is 0 Å². The van der Waals surface area contributed by atoms with E-state index in [1.54, 1.807) is 0 Å². The van der Waals surface area contributed by atoms with Crippen LogP contribution < -0.4 is 4.90 Å². The Labute approximate surface area is 203 Å². The Bertz CT molecular complexity index is 879. The average Bonchev–Trinajstić information content (AvgIpc) is 3.25. The number of carbonyl (C=O) groups excluding carboxylic acids is 1. The monoisotopic (exact) mass is 471 g/mol. The molecule has 3 aliphatic rings. The van der Waals surface area contributed by atoms with Gasteiger partial charge in [0, 0.05) is 16.8 Å². The molecule has 0 unspecified atom stereocenters. The topological polar surface area (TPSA) is 57.6 Å². The summed E-state index contributed by atoms with van der Waals surface area (Å²) in [6.07, 6.45) is 16.1. The number of rotatable bonds is 5. The van der Waals surface area contributed by atoms with Crippen LogP contribution in [-0.4, -0.2) is 23.0 Å². The van der Waals surface area contributed by atoms with Gasteiger partial charge in [0.1, 0.15) is 4.88 Å². The fraction of sp³-hybridized carbons (Fsp3) is 0.714. The fourth-order valence-electron chi connectivity index (χ4n) is 6.18. The first-order valence-electron chi connectivity index (χ1n) is 13.2. The second-order valence-electron chi connectivity index (χ2n) is 11.5. The summed E-state index contributed by atoms with van der Waals surface area (Å²) in [6, 6.07) is 2.15. The maximum absolute atomic E-state index is 14.0. The molecule has 182 valence electrons. The number of carboxylic acids is 1. The van der Waals surface area contributed by atoms with E-state index >= 15 is 0 Å². The minimum Gasteiger partial charge on any atom is -0.477 e. The first kappa shape index (κ1) is 24.5. The number of carboxylic acid groups (broad SMARTS) is 1. The molecule has 2 saturated carbocycles. The Morgan fingerprint density at radius 2 is 1.67 bits per heavy atom. The molecule has 1 N–H and O–H groups in total. The molecule has 0 radical (unpaired) electrons. The second-order valence-corrected chi connectivity index (χ2v) is 12.6. The molecule has 1 aromatic rings. The van der Waals surface area contributed by atoms with E-state index in [-0.39, 0.29) is 23.3 Å². The van der Waals surface area contributed by atoms with Crippen LogP contribution >= 0.6 is 11.3 Å². The molecule has 0 bridgehead atoms. The Hall–Kier alpha value is -1.62. The van der Waals surface area contributed by atoms with Gasteiger partial charge in [0.2, 0.25) is 5.91 Å². The largest absolute Gasteiger partial charge is 0.477 e.